The summed E-state index contributed by atoms with van der Waals surface area (Å²) in [6, 6.07) is 4.67. The van der Waals surface area contributed by atoms with Gasteiger partial charge in [-0.3, -0.25) is 0 Å². The van der Waals surface area contributed by atoms with Crippen LogP contribution < -0.4 is 14.8 Å². The first-order valence-electron chi connectivity index (χ1n) is 10.5. The van der Waals surface area contributed by atoms with Crippen LogP contribution >= 0.6 is 11.6 Å². The molecule has 0 spiro atoms. The molecule has 1 aromatic carbocycles. The highest BCUT2D eigenvalue weighted by Gasteiger charge is 2.47. The Morgan fingerprint density at radius 1 is 0.962 bits per heavy atom. The van der Waals surface area contributed by atoms with Gasteiger partial charge in [0.1, 0.15) is 0 Å². The van der Waals surface area contributed by atoms with Gasteiger partial charge in [0.2, 0.25) is 0 Å². The van der Waals surface area contributed by atoms with Crippen LogP contribution in [0.1, 0.15) is 57.9 Å². The molecule has 4 bridgehead atoms. The lowest BCUT2D eigenvalue weighted by atomic mass is 9.54. The molecule has 1 aromatic rings. The van der Waals surface area contributed by atoms with E-state index < -0.39 is 0 Å². The summed E-state index contributed by atoms with van der Waals surface area (Å²) in [5.41, 5.74) is 1.12. The van der Waals surface area contributed by atoms with Crippen LogP contribution in [0.25, 0.3) is 0 Å². The Balaban J connectivity index is 1.45. The van der Waals surface area contributed by atoms with Crippen LogP contribution in [0, 0.1) is 23.7 Å². The largest absolute Gasteiger partial charge is 0.490 e. The van der Waals surface area contributed by atoms with Gasteiger partial charge in [0.05, 0.1) is 13.2 Å². The zero-order valence-electron chi connectivity index (χ0n) is 16.1. The van der Waals surface area contributed by atoms with Gasteiger partial charge in [0.25, 0.3) is 0 Å². The quantitative estimate of drug-likeness (QED) is 0.654. The van der Waals surface area contributed by atoms with Crippen LogP contribution in [0.3, 0.4) is 0 Å². The summed E-state index contributed by atoms with van der Waals surface area (Å²) in [6.07, 6.45) is 8.22. The van der Waals surface area contributed by atoms with Gasteiger partial charge >= 0.3 is 0 Å². The summed E-state index contributed by atoms with van der Waals surface area (Å²) in [7, 11) is 0. The van der Waals surface area contributed by atoms with Crippen molar-refractivity contribution in [2.75, 3.05) is 13.2 Å². The molecule has 0 atom stereocenters. The molecular weight excluding hydrogens is 346 g/mol. The molecule has 3 nitrogen and oxygen atoms in total. The molecule has 4 aliphatic carbocycles. The number of rotatable bonds is 8. The van der Waals surface area contributed by atoms with Gasteiger partial charge in [-0.05, 0) is 80.8 Å². The molecule has 4 fully saturated rings. The smallest absolute Gasteiger partial charge is 0.162 e. The summed E-state index contributed by atoms with van der Waals surface area (Å²) in [6.45, 7) is 6.24. The van der Waals surface area contributed by atoms with Gasteiger partial charge in [-0.2, -0.15) is 0 Å². The Kier molecular flexibility index (Phi) is 5.66. The lowest BCUT2D eigenvalue weighted by Gasteiger charge is -2.54. The lowest BCUT2D eigenvalue weighted by Crippen LogP contribution is -2.54. The molecule has 0 amide bonds. The summed E-state index contributed by atoms with van der Waals surface area (Å²) in [5, 5.41) is 4.65. The molecule has 0 aromatic heterocycles. The van der Waals surface area contributed by atoms with Gasteiger partial charge in [0, 0.05) is 23.7 Å². The summed E-state index contributed by atoms with van der Waals surface area (Å²) in [4.78, 5) is 0. The van der Waals surface area contributed by atoms with E-state index in [4.69, 9.17) is 21.1 Å². The Bertz CT molecular complexity index is 605. The normalized spacial score (nSPS) is 32.0. The highest BCUT2D eigenvalue weighted by atomic mass is 35.5. The number of nitrogens with one attached hydrogen (secondary N) is 1. The molecule has 144 valence electrons. The van der Waals surface area contributed by atoms with Crippen LogP contribution in [0.15, 0.2) is 12.1 Å². The van der Waals surface area contributed by atoms with Gasteiger partial charge in [-0.1, -0.05) is 18.5 Å². The van der Waals surface area contributed by atoms with Crippen molar-refractivity contribution in [3.8, 4) is 11.5 Å². The molecule has 0 radical (unpaired) electrons. The number of hydrogen-bond acceptors (Lipinski definition) is 3. The zero-order valence-corrected chi connectivity index (χ0v) is 16.9. The summed E-state index contributed by atoms with van der Waals surface area (Å²) < 4.78 is 11.6. The fourth-order valence-corrected chi connectivity index (χ4v) is 6.01. The third-order valence-electron chi connectivity index (χ3n) is 6.63. The van der Waals surface area contributed by atoms with E-state index >= 15 is 0 Å². The maximum Gasteiger partial charge on any atom is 0.162 e. The van der Waals surface area contributed by atoms with Gasteiger partial charge in [-0.25, -0.2) is 0 Å². The van der Waals surface area contributed by atoms with Crippen molar-refractivity contribution in [1.82, 2.24) is 5.32 Å². The Hall–Kier alpha value is -0.930. The van der Waals surface area contributed by atoms with Crippen molar-refractivity contribution >= 4 is 11.6 Å². The van der Waals surface area contributed by atoms with Crippen molar-refractivity contribution in [3.05, 3.63) is 22.7 Å². The van der Waals surface area contributed by atoms with Crippen molar-refractivity contribution in [3.63, 3.8) is 0 Å². The average molecular weight is 378 g/mol. The average Bonchev–Trinajstić information content (AvgIpc) is 2.61. The second-order valence-electron chi connectivity index (χ2n) is 8.51. The first-order valence-corrected chi connectivity index (χ1v) is 10.9. The van der Waals surface area contributed by atoms with E-state index in [-0.39, 0.29) is 0 Å². The molecule has 26 heavy (non-hydrogen) atoms. The monoisotopic (exact) mass is 377 g/mol. The molecule has 4 saturated carbocycles. The first-order chi connectivity index (χ1) is 12.7. The standard InChI is InChI=1S/C22H32ClNO2/c1-3-5-26-21-12-19(23)18(11-20(21)25-4-2)13-24-22-16-7-14-6-15(9-16)10-17(22)8-14/h11-12,14-17,22,24H,3-10,13H2,1-2H3. The minimum absolute atomic E-state index is 0.631. The van der Waals surface area contributed by atoms with E-state index in [1.165, 1.54) is 32.1 Å². The molecule has 4 aliphatic rings. The van der Waals surface area contributed by atoms with Gasteiger partial charge in [-0.15, -0.1) is 0 Å². The Labute approximate surface area is 162 Å². The zero-order chi connectivity index (χ0) is 18.1. The minimum Gasteiger partial charge on any atom is -0.490 e. The van der Waals surface area contributed by atoms with Crippen LogP contribution in [-0.2, 0) is 6.54 Å². The topological polar surface area (TPSA) is 30.5 Å². The van der Waals surface area contributed by atoms with E-state index in [2.05, 4.69) is 18.3 Å². The molecule has 4 heteroatoms. The van der Waals surface area contributed by atoms with E-state index in [1.807, 2.05) is 13.0 Å². The Morgan fingerprint density at radius 2 is 1.62 bits per heavy atom. The van der Waals surface area contributed by atoms with Crippen LogP contribution in [-0.4, -0.2) is 19.3 Å². The maximum absolute atomic E-state index is 6.57. The SMILES string of the molecule is CCCOc1cc(Cl)c(CNC2C3CC4CC(C3)CC2C4)cc1OCC. The van der Waals surface area contributed by atoms with Crippen molar-refractivity contribution in [2.24, 2.45) is 23.7 Å². The molecule has 0 aliphatic heterocycles. The van der Waals surface area contributed by atoms with Crippen molar-refractivity contribution in [1.29, 1.82) is 0 Å². The predicted octanol–water partition coefficient (Wildman–Crippen LogP) is 5.44. The maximum atomic E-state index is 6.57. The second-order valence-corrected chi connectivity index (χ2v) is 8.92. The number of benzene rings is 1. The number of ether oxygens (including phenoxy) is 2. The minimum atomic E-state index is 0.631. The lowest BCUT2D eigenvalue weighted by molar-refractivity contribution is -0.0142. The van der Waals surface area contributed by atoms with Crippen molar-refractivity contribution < 1.29 is 9.47 Å². The Morgan fingerprint density at radius 3 is 2.23 bits per heavy atom. The number of hydrogen-bond donors (Lipinski definition) is 1. The van der Waals surface area contributed by atoms with Gasteiger partial charge < -0.3 is 14.8 Å². The third-order valence-corrected chi connectivity index (χ3v) is 6.98. The van der Waals surface area contributed by atoms with E-state index in [0.717, 1.165) is 58.7 Å². The van der Waals surface area contributed by atoms with E-state index in [9.17, 15) is 0 Å². The molecule has 1 N–H and O–H groups in total. The van der Waals surface area contributed by atoms with Crippen LogP contribution in [0.5, 0.6) is 11.5 Å². The molecule has 5 rings (SSSR count). The highest BCUT2D eigenvalue weighted by Crippen LogP contribution is 2.53. The fraction of sp³-hybridized carbons (Fsp3) is 0.727. The highest BCUT2D eigenvalue weighted by molar-refractivity contribution is 6.31. The molecule has 0 unspecified atom stereocenters. The van der Waals surface area contributed by atoms with Crippen LogP contribution in [0.4, 0.5) is 0 Å². The summed E-state index contributed by atoms with van der Waals surface area (Å²) in [5.74, 6) is 5.36. The van der Waals surface area contributed by atoms with Gasteiger partial charge in [0.15, 0.2) is 11.5 Å². The fourth-order valence-electron chi connectivity index (χ4n) is 5.79. The summed E-state index contributed by atoms with van der Waals surface area (Å²) >= 11 is 6.57. The first kappa shape index (κ1) is 18.4. The second kappa shape index (κ2) is 7.98. The predicted molar refractivity (Wildman–Crippen MR) is 106 cm³/mol. The van der Waals surface area contributed by atoms with E-state index in [1.54, 1.807) is 0 Å². The third kappa shape index (κ3) is 3.71. The van der Waals surface area contributed by atoms with Crippen molar-refractivity contribution in [2.45, 2.75) is 65.0 Å². The number of halogens is 1. The molecule has 0 saturated heterocycles. The molecule has 0 heterocycles. The molecular formula is C22H32ClNO2. The van der Waals surface area contributed by atoms with E-state index in [0.29, 0.717) is 19.3 Å². The van der Waals surface area contributed by atoms with Crippen LogP contribution in [0.2, 0.25) is 5.02 Å².